The third-order valence-electron chi connectivity index (χ3n) is 3.48. The van der Waals surface area contributed by atoms with Crippen LogP contribution in [0.5, 0.6) is 5.75 Å². The Kier molecular flexibility index (Phi) is 8.45. The molecule has 0 fully saturated rings. The quantitative estimate of drug-likeness (QED) is 0.481. The van der Waals surface area contributed by atoms with Crippen LogP contribution in [0.15, 0.2) is 54.6 Å². The highest BCUT2D eigenvalue weighted by atomic mass is 19.1. The van der Waals surface area contributed by atoms with Gasteiger partial charge in [-0.15, -0.1) is 0 Å². The van der Waals surface area contributed by atoms with Crippen molar-refractivity contribution >= 4 is 23.5 Å². The predicted octanol–water partition coefficient (Wildman–Crippen LogP) is 2.28. The van der Waals surface area contributed by atoms with Crippen molar-refractivity contribution in [1.29, 1.82) is 0 Å². The van der Waals surface area contributed by atoms with E-state index in [9.17, 15) is 18.8 Å². The Morgan fingerprint density at radius 2 is 1.64 bits per heavy atom. The van der Waals surface area contributed by atoms with Crippen LogP contribution in [0.1, 0.15) is 12.8 Å². The van der Waals surface area contributed by atoms with Crippen molar-refractivity contribution in [1.82, 2.24) is 5.32 Å². The number of esters is 1. The molecule has 2 aromatic rings. The van der Waals surface area contributed by atoms with Crippen LogP contribution in [0, 0.1) is 5.82 Å². The Hall–Kier alpha value is -3.42. The molecule has 0 bridgehead atoms. The predicted molar refractivity (Wildman–Crippen MR) is 100 cm³/mol. The fourth-order valence-electron chi connectivity index (χ4n) is 2.11. The first-order chi connectivity index (χ1) is 13.5. The van der Waals surface area contributed by atoms with Gasteiger partial charge in [0.2, 0.25) is 5.91 Å². The van der Waals surface area contributed by atoms with Gasteiger partial charge in [0.15, 0.2) is 6.61 Å². The molecule has 0 aliphatic rings. The smallest absolute Gasteiger partial charge is 0.306 e. The topological polar surface area (TPSA) is 93.7 Å². The first-order valence-corrected chi connectivity index (χ1v) is 8.68. The molecule has 148 valence electrons. The number of anilines is 1. The monoisotopic (exact) mass is 388 g/mol. The molecule has 2 aromatic carbocycles. The number of para-hydroxylation sites is 1. The Bertz CT molecular complexity index is 781. The Balaban J connectivity index is 1.54. The number of carbonyl (C=O) groups is 3. The minimum absolute atomic E-state index is 0.116. The summed E-state index contributed by atoms with van der Waals surface area (Å²) in [5.74, 6) is -1.30. The molecule has 0 heterocycles. The summed E-state index contributed by atoms with van der Waals surface area (Å²) in [6, 6.07) is 14.4. The fraction of sp³-hybridized carbons (Fsp3) is 0.250. The maximum absolute atomic E-state index is 12.8. The lowest BCUT2D eigenvalue weighted by Crippen LogP contribution is -2.35. The second-order valence-electron chi connectivity index (χ2n) is 5.76. The maximum Gasteiger partial charge on any atom is 0.306 e. The average molecular weight is 388 g/mol. The van der Waals surface area contributed by atoms with Crippen molar-refractivity contribution in [3.05, 3.63) is 60.4 Å². The van der Waals surface area contributed by atoms with E-state index in [-0.39, 0.29) is 13.0 Å². The van der Waals surface area contributed by atoms with E-state index in [0.29, 0.717) is 24.5 Å². The Morgan fingerprint density at radius 3 is 2.36 bits per heavy atom. The number of amides is 2. The van der Waals surface area contributed by atoms with Crippen molar-refractivity contribution in [2.75, 3.05) is 25.1 Å². The fourth-order valence-corrected chi connectivity index (χ4v) is 2.11. The molecule has 2 rings (SSSR count). The summed E-state index contributed by atoms with van der Waals surface area (Å²) in [7, 11) is 0. The van der Waals surface area contributed by atoms with Gasteiger partial charge in [-0.05, 0) is 42.8 Å². The summed E-state index contributed by atoms with van der Waals surface area (Å²) < 4.78 is 23.1. The number of carbonyl (C=O) groups excluding carboxylic acids is 3. The zero-order chi connectivity index (χ0) is 20.2. The van der Waals surface area contributed by atoms with E-state index in [2.05, 4.69) is 10.6 Å². The number of nitrogens with one attached hydrogen (secondary N) is 2. The van der Waals surface area contributed by atoms with Crippen LogP contribution in [0.3, 0.4) is 0 Å². The van der Waals surface area contributed by atoms with Gasteiger partial charge in [0.1, 0.15) is 11.6 Å². The molecule has 0 radical (unpaired) electrons. The van der Waals surface area contributed by atoms with Crippen LogP contribution in [-0.4, -0.2) is 37.5 Å². The number of hydrogen-bond acceptors (Lipinski definition) is 5. The van der Waals surface area contributed by atoms with Crippen LogP contribution in [-0.2, 0) is 19.1 Å². The molecule has 0 atom stereocenters. The number of ether oxygens (including phenoxy) is 2. The number of halogens is 1. The van der Waals surface area contributed by atoms with Crippen molar-refractivity contribution in [3.8, 4) is 5.75 Å². The second kappa shape index (κ2) is 11.3. The first-order valence-electron chi connectivity index (χ1n) is 8.68. The summed E-state index contributed by atoms with van der Waals surface area (Å²) in [5, 5.41) is 4.83. The zero-order valence-electron chi connectivity index (χ0n) is 15.2. The van der Waals surface area contributed by atoms with Crippen molar-refractivity contribution < 1.29 is 28.2 Å². The van der Waals surface area contributed by atoms with E-state index in [1.807, 2.05) is 30.3 Å². The zero-order valence-corrected chi connectivity index (χ0v) is 15.2. The summed E-state index contributed by atoms with van der Waals surface area (Å²) in [6.45, 7) is -0.407. The summed E-state index contributed by atoms with van der Waals surface area (Å²) in [4.78, 5) is 34.9. The van der Waals surface area contributed by atoms with Crippen LogP contribution < -0.4 is 15.4 Å². The Labute approximate surface area is 161 Å². The van der Waals surface area contributed by atoms with Crippen LogP contribution >= 0.6 is 0 Å². The van der Waals surface area contributed by atoms with Crippen LogP contribution in [0.25, 0.3) is 0 Å². The van der Waals surface area contributed by atoms with Gasteiger partial charge in [-0.1, -0.05) is 18.2 Å². The summed E-state index contributed by atoms with van der Waals surface area (Å²) >= 11 is 0. The molecule has 0 aliphatic heterocycles. The Morgan fingerprint density at radius 1 is 0.929 bits per heavy atom. The van der Waals surface area contributed by atoms with E-state index in [1.54, 1.807) is 0 Å². The van der Waals surface area contributed by atoms with Crippen LogP contribution in [0.4, 0.5) is 10.1 Å². The van der Waals surface area contributed by atoms with Gasteiger partial charge in [-0.3, -0.25) is 14.4 Å². The third kappa shape index (κ3) is 8.31. The van der Waals surface area contributed by atoms with E-state index in [0.717, 1.165) is 0 Å². The van der Waals surface area contributed by atoms with E-state index < -0.39 is 30.2 Å². The first kappa shape index (κ1) is 20.9. The second-order valence-corrected chi connectivity index (χ2v) is 5.76. The molecule has 28 heavy (non-hydrogen) atoms. The lowest BCUT2D eigenvalue weighted by Gasteiger charge is -2.08. The molecular weight excluding hydrogens is 367 g/mol. The summed E-state index contributed by atoms with van der Waals surface area (Å²) in [5.41, 5.74) is 0.407. The highest BCUT2D eigenvalue weighted by Gasteiger charge is 2.09. The molecule has 8 heteroatoms. The number of rotatable bonds is 10. The number of benzene rings is 2. The van der Waals surface area contributed by atoms with Gasteiger partial charge in [0, 0.05) is 12.1 Å². The van der Waals surface area contributed by atoms with Crippen molar-refractivity contribution in [2.45, 2.75) is 12.8 Å². The molecule has 0 saturated heterocycles. The lowest BCUT2D eigenvalue weighted by atomic mass is 10.3. The highest BCUT2D eigenvalue weighted by Crippen LogP contribution is 2.09. The molecule has 0 aliphatic carbocycles. The molecule has 0 spiro atoms. The molecule has 0 aromatic heterocycles. The van der Waals surface area contributed by atoms with E-state index in [1.165, 1.54) is 24.3 Å². The van der Waals surface area contributed by atoms with Crippen LogP contribution in [0.2, 0.25) is 0 Å². The molecular formula is C20H21FN2O5. The lowest BCUT2D eigenvalue weighted by molar-refractivity contribution is -0.148. The van der Waals surface area contributed by atoms with E-state index >= 15 is 0 Å². The minimum atomic E-state index is -0.594. The normalized spacial score (nSPS) is 10.0. The molecule has 2 amide bonds. The third-order valence-corrected chi connectivity index (χ3v) is 3.48. The van der Waals surface area contributed by atoms with Crippen molar-refractivity contribution in [2.24, 2.45) is 0 Å². The molecule has 0 saturated carbocycles. The largest absolute Gasteiger partial charge is 0.494 e. The van der Waals surface area contributed by atoms with Gasteiger partial charge in [-0.25, -0.2) is 4.39 Å². The van der Waals surface area contributed by atoms with Crippen molar-refractivity contribution in [3.63, 3.8) is 0 Å². The SMILES string of the molecule is O=C(COC(=O)CCCOc1ccccc1)NCC(=O)Nc1ccc(F)cc1. The van der Waals surface area contributed by atoms with Gasteiger partial charge >= 0.3 is 5.97 Å². The maximum atomic E-state index is 12.8. The number of hydrogen-bond donors (Lipinski definition) is 2. The van der Waals surface area contributed by atoms with Gasteiger partial charge < -0.3 is 20.1 Å². The highest BCUT2D eigenvalue weighted by molar-refractivity contribution is 5.94. The van der Waals surface area contributed by atoms with Gasteiger partial charge in [-0.2, -0.15) is 0 Å². The standard InChI is InChI=1S/C20H21FN2O5/c21-15-8-10-16(11-9-15)23-18(24)13-22-19(25)14-28-20(26)7-4-12-27-17-5-2-1-3-6-17/h1-3,5-6,8-11H,4,7,12-14H2,(H,22,25)(H,23,24). The van der Waals surface area contributed by atoms with Gasteiger partial charge in [0.05, 0.1) is 13.2 Å². The average Bonchev–Trinajstić information content (AvgIpc) is 2.70. The van der Waals surface area contributed by atoms with Gasteiger partial charge in [0.25, 0.3) is 5.91 Å². The summed E-state index contributed by atoms with van der Waals surface area (Å²) in [6.07, 6.45) is 0.570. The molecule has 2 N–H and O–H groups in total. The molecule has 0 unspecified atom stereocenters. The molecule has 7 nitrogen and oxygen atoms in total. The van der Waals surface area contributed by atoms with E-state index in [4.69, 9.17) is 9.47 Å². The minimum Gasteiger partial charge on any atom is -0.494 e.